The number of benzene rings is 1. The van der Waals surface area contributed by atoms with Crippen LogP contribution in [0.1, 0.15) is 4.44 Å². The van der Waals surface area contributed by atoms with Crippen LogP contribution in [0.3, 0.4) is 0 Å². The van der Waals surface area contributed by atoms with E-state index in [0.29, 0.717) is 0 Å². The minimum atomic E-state index is 0.0908. The van der Waals surface area contributed by atoms with Crippen LogP contribution in [0.4, 0.5) is 0 Å². The Morgan fingerprint density at radius 1 is 1.33 bits per heavy atom. The Bertz CT molecular complexity index is 408. The van der Waals surface area contributed by atoms with Crippen molar-refractivity contribution in [2.45, 2.75) is 6.61 Å². The van der Waals surface area contributed by atoms with E-state index < -0.39 is 0 Å². The average molecular weight is 246 g/mol. The third-order valence-electron chi connectivity index (χ3n) is 1.75. The molecule has 0 aliphatic heterocycles. The monoisotopic (exact) mass is 246 g/mol. The SMILES string of the molecule is OCc1[se]c2ccccc2c1Cl. The summed E-state index contributed by atoms with van der Waals surface area (Å²) < 4.78 is 2.27. The van der Waals surface area contributed by atoms with Gasteiger partial charge in [0.2, 0.25) is 0 Å². The van der Waals surface area contributed by atoms with Crippen molar-refractivity contribution in [2.24, 2.45) is 0 Å². The summed E-state index contributed by atoms with van der Waals surface area (Å²) in [4.78, 5) is 0. The molecule has 1 heterocycles. The normalized spacial score (nSPS) is 10.8. The van der Waals surface area contributed by atoms with Crippen LogP contribution in [-0.2, 0) is 6.61 Å². The zero-order valence-corrected chi connectivity index (χ0v) is 8.72. The summed E-state index contributed by atoms with van der Waals surface area (Å²) in [6.45, 7) is 0.0908. The Labute approximate surface area is 81.3 Å². The molecule has 62 valence electrons. The summed E-state index contributed by atoms with van der Waals surface area (Å²) in [5, 5.41) is 10.8. The van der Waals surface area contributed by atoms with Crippen LogP contribution in [0.2, 0.25) is 5.02 Å². The molecule has 0 bridgehead atoms. The van der Waals surface area contributed by atoms with E-state index in [4.69, 9.17) is 16.7 Å². The molecule has 0 aliphatic carbocycles. The van der Waals surface area contributed by atoms with Gasteiger partial charge in [-0.3, -0.25) is 0 Å². The second-order valence-electron chi connectivity index (χ2n) is 2.49. The van der Waals surface area contributed by atoms with Crippen LogP contribution in [0, 0.1) is 0 Å². The summed E-state index contributed by atoms with van der Waals surface area (Å²) in [5.74, 6) is 0. The Morgan fingerprint density at radius 2 is 2.08 bits per heavy atom. The van der Waals surface area contributed by atoms with Crippen LogP contribution in [0.5, 0.6) is 0 Å². The number of aliphatic hydroxyl groups is 1. The van der Waals surface area contributed by atoms with E-state index in [1.165, 1.54) is 4.26 Å². The Kier molecular flexibility index (Phi) is 2.24. The van der Waals surface area contributed by atoms with Crippen LogP contribution in [0.25, 0.3) is 9.65 Å². The number of halogens is 1. The predicted molar refractivity (Wildman–Crippen MR) is 51.8 cm³/mol. The van der Waals surface area contributed by atoms with Crippen molar-refractivity contribution < 1.29 is 5.11 Å². The molecule has 1 nitrogen and oxygen atoms in total. The molecule has 0 saturated heterocycles. The van der Waals surface area contributed by atoms with Crippen LogP contribution >= 0.6 is 11.6 Å². The van der Waals surface area contributed by atoms with E-state index in [9.17, 15) is 0 Å². The van der Waals surface area contributed by atoms with Crippen molar-refractivity contribution in [3.63, 3.8) is 0 Å². The van der Waals surface area contributed by atoms with Gasteiger partial charge in [-0.05, 0) is 0 Å². The van der Waals surface area contributed by atoms with Crippen molar-refractivity contribution in [2.75, 3.05) is 0 Å². The molecule has 0 amide bonds. The number of hydrogen-bond donors (Lipinski definition) is 1. The molecule has 3 heteroatoms. The second-order valence-corrected chi connectivity index (χ2v) is 5.26. The Balaban J connectivity index is 2.78. The molecule has 0 fully saturated rings. The molecule has 0 unspecified atom stereocenters. The Morgan fingerprint density at radius 3 is 2.75 bits per heavy atom. The van der Waals surface area contributed by atoms with Crippen LogP contribution in [-0.4, -0.2) is 19.6 Å². The fraction of sp³-hybridized carbons (Fsp3) is 0.111. The molecule has 0 aliphatic rings. The van der Waals surface area contributed by atoms with Gasteiger partial charge >= 0.3 is 81.2 Å². The average Bonchev–Trinajstić information content (AvgIpc) is 2.44. The number of rotatable bonds is 1. The van der Waals surface area contributed by atoms with Gasteiger partial charge in [0.25, 0.3) is 0 Å². The van der Waals surface area contributed by atoms with Gasteiger partial charge in [0, 0.05) is 0 Å². The van der Waals surface area contributed by atoms with E-state index >= 15 is 0 Å². The predicted octanol–water partition coefficient (Wildman–Crippen LogP) is 2.04. The van der Waals surface area contributed by atoms with Crippen LogP contribution in [0.15, 0.2) is 24.3 Å². The van der Waals surface area contributed by atoms with Gasteiger partial charge in [0.05, 0.1) is 0 Å². The summed E-state index contributed by atoms with van der Waals surface area (Å²) in [6, 6.07) is 8.05. The van der Waals surface area contributed by atoms with Gasteiger partial charge in [-0.2, -0.15) is 0 Å². The molecule has 2 aromatic rings. The van der Waals surface area contributed by atoms with E-state index in [1.54, 1.807) is 0 Å². The first-order valence-electron chi connectivity index (χ1n) is 3.59. The minimum absolute atomic E-state index is 0.0908. The molecular weight excluding hydrogens is 239 g/mol. The third kappa shape index (κ3) is 1.21. The standard InChI is InChI=1S/C9H7ClOSe/c10-9-6-3-1-2-4-7(6)12-8(9)5-11/h1-4,11H,5H2. The summed E-state index contributed by atoms with van der Waals surface area (Å²) in [7, 11) is 0. The zero-order valence-electron chi connectivity index (χ0n) is 6.25. The third-order valence-corrected chi connectivity index (χ3v) is 4.86. The quantitative estimate of drug-likeness (QED) is 0.763. The molecule has 2 rings (SSSR count). The molecular formula is C9H7ClOSe. The first-order chi connectivity index (χ1) is 5.83. The van der Waals surface area contributed by atoms with E-state index in [1.807, 2.05) is 18.2 Å². The van der Waals surface area contributed by atoms with Gasteiger partial charge in [-0.15, -0.1) is 0 Å². The van der Waals surface area contributed by atoms with Gasteiger partial charge in [-0.25, -0.2) is 0 Å². The second kappa shape index (κ2) is 3.23. The van der Waals surface area contributed by atoms with Gasteiger partial charge in [0.15, 0.2) is 0 Å². The van der Waals surface area contributed by atoms with E-state index in [0.717, 1.165) is 14.8 Å². The van der Waals surface area contributed by atoms with E-state index in [2.05, 4.69) is 6.07 Å². The van der Waals surface area contributed by atoms with E-state index in [-0.39, 0.29) is 21.1 Å². The Hall–Kier alpha value is -0.271. The molecule has 1 aromatic carbocycles. The molecule has 1 aromatic heterocycles. The number of fused-ring (bicyclic) bond motifs is 1. The zero-order chi connectivity index (χ0) is 8.55. The van der Waals surface area contributed by atoms with Crippen molar-refractivity contribution in [3.05, 3.63) is 33.7 Å². The summed E-state index contributed by atoms with van der Waals surface area (Å²) in [5.41, 5.74) is 0. The number of aliphatic hydroxyl groups excluding tert-OH is 1. The maximum absolute atomic E-state index is 8.98. The summed E-state index contributed by atoms with van der Waals surface area (Å²) in [6.07, 6.45) is 0. The fourth-order valence-electron chi connectivity index (χ4n) is 1.17. The van der Waals surface area contributed by atoms with Gasteiger partial charge in [0.1, 0.15) is 0 Å². The van der Waals surface area contributed by atoms with Gasteiger partial charge in [-0.1, -0.05) is 0 Å². The summed E-state index contributed by atoms with van der Waals surface area (Å²) >= 11 is 6.28. The molecule has 1 N–H and O–H groups in total. The fourth-order valence-corrected chi connectivity index (χ4v) is 3.72. The molecule has 0 radical (unpaired) electrons. The number of hydrogen-bond acceptors (Lipinski definition) is 1. The maximum atomic E-state index is 8.98. The van der Waals surface area contributed by atoms with Crippen molar-refractivity contribution in [1.82, 2.24) is 0 Å². The first-order valence-corrected chi connectivity index (χ1v) is 5.69. The van der Waals surface area contributed by atoms with Crippen molar-refractivity contribution in [1.29, 1.82) is 0 Å². The first kappa shape index (κ1) is 8.33. The van der Waals surface area contributed by atoms with Gasteiger partial charge < -0.3 is 0 Å². The molecule has 12 heavy (non-hydrogen) atoms. The van der Waals surface area contributed by atoms with Crippen LogP contribution < -0.4 is 0 Å². The van der Waals surface area contributed by atoms with Crippen molar-refractivity contribution in [3.8, 4) is 0 Å². The molecule has 0 spiro atoms. The van der Waals surface area contributed by atoms with Crippen molar-refractivity contribution >= 4 is 35.8 Å². The molecule has 0 atom stereocenters. The molecule has 0 saturated carbocycles. The topological polar surface area (TPSA) is 20.2 Å².